The second-order valence-corrected chi connectivity index (χ2v) is 4.87. The van der Waals surface area contributed by atoms with Crippen LogP contribution in [0.3, 0.4) is 0 Å². The first-order chi connectivity index (χ1) is 8.93. The van der Waals surface area contributed by atoms with Crippen LogP contribution in [-0.2, 0) is 9.59 Å². The zero-order chi connectivity index (χ0) is 14.4. The Morgan fingerprint density at radius 3 is 2.68 bits per heavy atom. The number of aliphatic carboxylic acids is 1. The maximum absolute atomic E-state index is 11.9. The summed E-state index contributed by atoms with van der Waals surface area (Å²) in [5.41, 5.74) is 0. The topological polar surface area (TPSA) is 70.8 Å². The number of nitrogens with zero attached hydrogens (tertiary/aromatic N) is 1. The van der Waals surface area contributed by atoms with E-state index in [0.717, 1.165) is 0 Å². The fraction of sp³-hybridized carbons (Fsp3) is 0.385. The standard InChI is InChI=1S/C13H16BrNO4/c1-3-15(8-9(2)13(17)18)12(16)7-5-10-4-6-11(14)19-10/h4-7,9H,3,8H2,1-2H3,(H,17,18). The predicted molar refractivity (Wildman–Crippen MR) is 74.5 cm³/mol. The first-order valence-corrected chi connectivity index (χ1v) is 6.68. The summed E-state index contributed by atoms with van der Waals surface area (Å²) in [5, 5.41) is 8.84. The Kier molecular flexibility index (Phi) is 5.82. The third-order valence-electron chi connectivity index (χ3n) is 2.59. The summed E-state index contributed by atoms with van der Waals surface area (Å²) in [5.74, 6) is -1.18. The lowest BCUT2D eigenvalue weighted by molar-refractivity contribution is -0.142. The fourth-order valence-electron chi connectivity index (χ4n) is 1.46. The molecule has 1 heterocycles. The van der Waals surface area contributed by atoms with Crippen molar-refractivity contribution in [3.8, 4) is 0 Å². The summed E-state index contributed by atoms with van der Waals surface area (Å²) < 4.78 is 5.82. The summed E-state index contributed by atoms with van der Waals surface area (Å²) >= 11 is 3.17. The van der Waals surface area contributed by atoms with E-state index < -0.39 is 11.9 Å². The predicted octanol–water partition coefficient (Wildman–Crippen LogP) is 2.62. The van der Waals surface area contributed by atoms with Crippen molar-refractivity contribution in [3.63, 3.8) is 0 Å². The fourth-order valence-corrected chi connectivity index (χ4v) is 1.78. The molecule has 0 spiro atoms. The van der Waals surface area contributed by atoms with Crippen LogP contribution in [0.25, 0.3) is 6.08 Å². The van der Waals surface area contributed by atoms with E-state index in [4.69, 9.17) is 9.52 Å². The van der Waals surface area contributed by atoms with Gasteiger partial charge < -0.3 is 14.4 Å². The smallest absolute Gasteiger partial charge is 0.308 e. The number of furan rings is 1. The van der Waals surface area contributed by atoms with Crippen LogP contribution < -0.4 is 0 Å². The first kappa shape index (κ1) is 15.5. The summed E-state index contributed by atoms with van der Waals surface area (Å²) in [6.45, 7) is 4.04. The van der Waals surface area contributed by atoms with Gasteiger partial charge in [-0.2, -0.15) is 0 Å². The number of carboxylic acids is 1. The summed E-state index contributed by atoms with van der Waals surface area (Å²) in [7, 11) is 0. The van der Waals surface area contributed by atoms with Crippen molar-refractivity contribution in [2.45, 2.75) is 13.8 Å². The average Bonchev–Trinajstić information content (AvgIpc) is 2.78. The molecule has 1 amide bonds. The molecule has 0 radical (unpaired) electrons. The molecule has 0 aliphatic heterocycles. The number of likely N-dealkylation sites (N-methyl/N-ethyl adjacent to an activating group) is 1. The van der Waals surface area contributed by atoms with Gasteiger partial charge in [-0.05, 0) is 41.1 Å². The quantitative estimate of drug-likeness (QED) is 0.814. The van der Waals surface area contributed by atoms with Crippen LogP contribution in [0.1, 0.15) is 19.6 Å². The lowest BCUT2D eigenvalue weighted by atomic mass is 10.1. The number of carbonyl (C=O) groups is 2. The maximum Gasteiger partial charge on any atom is 0.308 e. The minimum atomic E-state index is -0.912. The molecule has 0 aliphatic carbocycles. The van der Waals surface area contributed by atoms with Crippen molar-refractivity contribution in [1.29, 1.82) is 0 Å². The third-order valence-corrected chi connectivity index (χ3v) is 3.02. The molecule has 1 aromatic rings. The zero-order valence-corrected chi connectivity index (χ0v) is 12.4. The highest BCUT2D eigenvalue weighted by molar-refractivity contribution is 9.10. The summed E-state index contributed by atoms with van der Waals surface area (Å²) in [6, 6.07) is 3.46. The largest absolute Gasteiger partial charge is 0.481 e. The van der Waals surface area contributed by atoms with E-state index >= 15 is 0 Å². The third kappa shape index (κ3) is 4.90. The summed E-state index contributed by atoms with van der Waals surface area (Å²) in [4.78, 5) is 24.2. The summed E-state index contributed by atoms with van der Waals surface area (Å²) in [6.07, 6.45) is 2.94. The SMILES string of the molecule is CCN(CC(C)C(=O)O)C(=O)C=Cc1ccc(Br)o1. The molecule has 0 saturated carbocycles. The minimum Gasteiger partial charge on any atom is -0.481 e. The molecule has 5 nitrogen and oxygen atoms in total. The van der Waals surface area contributed by atoms with Crippen molar-refractivity contribution in [2.24, 2.45) is 5.92 Å². The van der Waals surface area contributed by atoms with Crippen LogP contribution in [0.15, 0.2) is 27.3 Å². The number of hydrogen-bond acceptors (Lipinski definition) is 3. The second-order valence-electron chi connectivity index (χ2n) is 4.09. The highest BCUT2D eigenvalue weighted by Gasteiger charge is 2.17. The molecule has 19 heavy (non-hydrogen) atoms. The van der Waals surface area contributed by atoms with Crippen molar-refractivity contribution in [3.05, 3.63) is 28.6 Å². The van der Waals surface area contributed by atoms with Crippen LogP contribution in [0.4, 0.5) is 0 Å². The van der Waals surface area contributed by atoms with Gasteiger partial charge in [-0.15, -0.1) is 0 Å². The van der Waals surface area contributed by atoms with E-state index in [1.165, 1.54) is 11.0 Å². The van der Waals surface area contributed by atoms with Crippen LogP contribution in [0, 0.1) is 5.92 Å². The van der Waals surface area contributed by atoms with Crippen molar-refractivity contribution < 1.29 is 19.1 Å². The molecule has 1 rings (SSSR count). The molecule has 1 N–H and O–H groups in total. The number of amides is 1. The van der Waals surface area contributed by atoms with Gasteiger partial charge in [-0.3, -0.25) is 9.59 Å². The number of carbonyl (C=O) groups excluding carboxylic acids is 1. The van der Waals surface area contributed by atoms with Crippen molar-refractivity contribution in [1.82, 2.24) is 4.90 Å². The second kappa shape index (κ2) is 7.13. The van der Waals surface area contributed by atoms with E-state index in [1.807, 2.05) is 6.92 Å². The number of halogens is 1. The molecule has 1 unspecified atom stereocenters. The van der Waals surface area contributed by atoms with E-state index in [2.05, 4.69) is 15.9 Å². The zero-order valence-electron chi connectivity index (χ0n) is 10.8. The van der Waals surface area contributed by atoms with Gasteiger partial charge in [0.15, 0.2) is 4.67 Å². The van der Waals surface area contributed by atoms with Crippen molar-refractivity contribution in [2.75, 3.05) is 13.1 Å². The molecule has 0 fully saturated rings. The molecule has 0 aromatic carbocycles. The number of hydrogen-bond donors (Lipinski definition) is 1. The Labute approximate surface area is 120 Å². The Hall–Kier alpha value is -1.56. The normalized spacial score (nSPS) is 12.6. The van der Waals surface area contributed by atoms with Crippen LogP contribution in [0.5, 0.6) is 0 Å². The monoisotopic (exact) mass is 329 g/mol. The molecule has 0 saturated heterocycles. The Morgan fingerprint density at radius 2 is 2.21 bits per heavy atom. The van der Waals surface area contributed by atoms with E-state index in [9.17, 15) is 9.59 Å². The lowest BCUT2D eigenvalue weighted by Crippen LogP contribution is -2.35. The first-order valence-electron chi connectivity index (χ1n) is 5.89. The molecular formula is C13H16BrNO4. The van der Waals surface area contributed by atoms with Gasteiger partial charge >= 0.3 is 5.97 Å². The number of carboxylic acid groups (broad SMARTS) is 1. The van der Waals surface area contributed by atoms with Crippen LogP contribution in [0.2, 0.25) is 0 Å². The molecule has 0 bridgehead atoms. The average molecular weight is 330 g/mol. The molecule has 0 aliphatic rings. The van der Waals surface area contributed by atoms with E-state index in [1.54, 1.807) is 25.1 Å². The van der Waals surface area contributed by atoms with Gasteiger partial charge in [0.25, 0.3) is 0 Å². The lowest BCUT2D eigenvalue weighted by Gasteiger charge is -2.21. The van der Waals surface area contributed by atoms with Gasteiger partial charge in [-0.25, -0.2) is 0 Å². The number of rotatable bonds is 6. The van der Waals surface area contributed by atoms with E-state index in [-0.39, 0.29) is 12.5 Å². The molecule has 104 valence electrons. The van der Waals surface area contributed by atoms with Gasteiger partial charge in [-0.1, -0.05) is 6.92 Å². The van der Waals surface area contributed by atoms with Crippen LogP contribution in [-0.4, -0.2) is 35.0 Å². The van der Waals surface area contributed by atoms with E-state index in [0.29, 0.717) is 17.0 Å². The molecular weight excluding hydrogens is 314 g/mol. The Morgan fingerprint density at radius 1 is 1.53 bits per heavy atom. The van der Waals surface area contributed by atoms with Gasteiger partial charge in [0.2, 0.25) is 5.91 Å². The maximum atomic E-state index is 11.9. The van der Waals surface area contributed by atoms with Gasteiger partial charge in [0, 0.05) is 19.2 Å². The Bertz CT molecular complexity index is 481. The van der Waals surface area contributed by atoms with Gasteiger partial charge in [0.1, 0.15) is 5.76 Å². The highest BCUT2D eigenvalue weighted by atomic mass is 79.9. The van der Waals surface area contributed by atoms with Crippen molar-refractivity contribution >= 4 is 33.9 Å². The van der Waals surface area contributed by atoms with Crippen LogP contribution >= 0.6 is 15.9 Å². The minimum absolute atomic E-state index is 0.191. The Balaban J connectivity index is 2.63. The highest BCUT2D eigenvalue weighted by Crippen LogP contribution is 2.15. The molecule has 1 atom stereocenters. The molecule has 6 heteroatoms. The van der Waals surface area contributed by atoms with Gasteiger partial charge in [0.05, 0.1) is 5.92 Å². The molecule has 1 aromatic heterocycles.